The van der Waals surface area contributed by atoms with Gasteiger partial charge in [-0.05, 0) is 27.7 Å². The van der Waals surface area contributed by atoms with Gasteiger partial charge in [0, 0.05) is 6.92 Å². The monoisotopic (exact) mass is 235 g/mol. The number of hydrogen-bond donors (Lipinski definition) is 3. The quantitative estimate of drug-likeness (QED) is 0.587. The van der Waals surface area contributed by atoms with Crippen molar-refractivity contribution in [2.75, 3.05) is 0 Å². The number of nitrogens with two attached hydrogens (primary N) is 1. The summed E-state index contributed by atoms with van der Waals surface area (Å²) >= 11 is 0. The number of carboxylic acids is 1. The van der Waals surface area contributed by atoms with Crippen molar-refractivity contribution in [1.29, 1.82) is 0 Å². The summed E-state index contributed by atoms with van der Waals surface area (Å²) in [5.41, 5.74) is 4.79. The van der Waals surface area contributed by atoms with E-state index in [1.54, 1.807) is 20.8 Å². The van der Waals surface area contributed by atoms with Crippen LogP contribution in [0.2, 0.25) is 0 Å². The molecule has 16 heavy (non-hydrogen) atoms. The van der Waals surface area contributed by atoms with E-state index in [0.717, 1.165) is 6.92 Å². The fourth-order valence-electron chi connectivity index (χ4n) is 0.567. The summed E-state index contributed by atoms with van der Waals surface area (Å²) in [6.07, 6.45) is -0.875. The zero-order valence-electron chi connectivity index (χ0n) is 10.4. The van der Waals surface area contributed by atoms with Crippen molar-refractivity contribution in [3.05, 3.63) is 0 Å². The van der Waals surface area contributed by atoms with Gasteiger partial charge in [-0.15, -0.1) is 0 Å². The summed E-state index contributed by atoms with van der Waals surface area (Å²) < 4.78 is 4.94. The molecule has 0 fully saturated rings. The fourth-order valence-corrected chi connectivity index (χ4v) is 0.567. The zero-order chi connectivity index (χ0) is 13.5. The van der Waals surface area contributed by atoms with Gasteiger partial charge in [-0.2, -0.15) is 0 Å². The van der Waals surface area contributed by atoms with Crippen LogP contribution < -0.4 is 5.73 Å². The van der Waals surface area contributed by atoms with Gasteiger partial charge in [-0.1, -0.05) is 0 Å². The molecule has 0 aliphatic carbocycles. The van der Waals surface area contributed by atoms with E-state index in [0.29, 0.717) is 0 Å². The van der Waals surface area contributed by atoms with Crippen LogP contribution in [0, 0.1) is 0 Å². The van der Waals surface area contributed by atoms with Crippen molar-refractivity contribution < 1.29 is 24.5 Å². The molecule has 0 radical (unpaired) electrons. The molecule has 0 amide bonds. The first-order chi connectivity index (χ1) is 6.97. The number of carbonyl (C=O) groups is 2. The molecule has 96 valence electrons. The summed E-state index contributed by atoms with van der Waals surface area (Å²) in [5, 5.41) is 16.4. The number of aliphatic carboxylic acids is 1. The predicted molar refractivity (Wildman–Crippen MR) is 58.8 cm³/mol. The SMILES string of the molecule is CC(=O)O.CC(O)[C@H](N)C(=O)OC(C)(C)C. The highest BCUT2D eigenvalue weighted by Gasteiger charge is 2.25. The molecule has 0 aromatic heterocycles. The van der Waals surface area contributed by atoms with Crippen LogP contribution in [0.15, 0.2) is 0 Å². The van der Waals surface area contributed by atoms with Crippen LogP contribution in [0.4, 0.5) is 0 Å². The summed E-state index contributed by atoms with van der Waals surface area (Å²) in [6, 6.07) is -0.954. The molecule has 0 saturated carbocycles. The summed E-state index contributed by atoms with van der Waals surface area (Å²) in [7, 11) is 0. The minimum atomic E-state index is -0.954. The van der Waals surface area contributed by atoms with Gasteiger partial charge in [0.25, 0.3) is 5.97 Å². The Morgan fingerprint density at radius 2 is 1.62 bits per heavy atom. The minimum absolute atomic E-state index is 0.552. The molecule has 0 rings (SSSR count). The lowest BCUT2D eigenvalue weighted by atomic mass is 10.1. The van der Waals surface area contributed by atoms with Crippen LogP contribution in [0.5, 0.6) is 0 Å². The van der Waals surface area contributed by atoms with Crippen LogP contribution in [0.25, 0.3) is 0 Å². The molecule has 0 saturated heterocycles. The van der Waals surface area contributed by atoms with Gasteiger partial charge >= 0.3 is 5.97 Å². The first kappa shape index (κ1) is 17.3. The number of esters is 1. The maximum Gasteiger partial charge on any atom is 0.326 e. The van der Waals surface area contributed by atoms with Crippen molar-refractivity contribution >= 4 is 11.9 Å². The van der Waals surface area contributed by atoms with Crippen molar-refractivity contribution in [3.63, 3.8) is 0 Å². The number of hydrogen-bond acceptors (Lipinski definition) is 5. The average molecular weight is 235 g/mol. The first-order valence-electron chi connectivity index (χ1n) is 4.83. The van der Waals surface area contributed by atoms with Crippen LogP contribution in [0.1, 0.15) is 34.6 Å². The maximum atomic E-state index is 11.1. The Labute approximate surface area is 95.4 Å². The molecule has 0 heterocycles. The van der Waals surface area contributed by atoms with E-state index in [-0.39, 0.29) is 0 Å². The van der Waals surface area contributed by atoms with E-state index in [1.165, 1.54) is 6.92 Å². The van der Waals surface area contributed by atoms with Crippen molar-refractivity contribution in [2.45, 2.75) is 52.4 Å². The molecule has 0 aliphatic heterocycles. The molecule has 0 aromatic rings. The van der Waals surface area contributed by atoms with Gasteiger partial charge in [0.15, 0.2) is 0 Å². The lowest BCUT2D eigenvalue weighted by Crippen LogP contribution is -2.44. The third kappa shape index (κ3) is 12.9. The van der Waals surface area contributed by atoms with Crippen LogP contribution >= 0.6 is 0 Å². The Balaban J connectivity index is 0. The van der Waals surface area contributed by atoms with Gasteiger partial charge in [0.1, 0.15) is 11.6 Å². The standard InChI is InChI=1S/C8H17NO3.C2H4O2/c1-5(10)6(9)7(11)12-8(2,3)4;1-2(3)4/h5-6,10H,9H2,1-4H3;1H3,(H,3,4)/t5?,6-;/m0./s1. The molecule has 6 heteroatoms. The molecule has 1 unspecified atom stereocenters. The van der Waals surface area contributed by atoms with Crippen LogP contribution in [-0.4, -0.2) is 39.9 Å². The van der Waals surface area contributed by atoms with Crippen molar-refractivity contribution in [3.8, 4) is 0 Å². The van der Waals surface area contributed by atoms with Gasteiger partial charge in [-0.3, -0.25) is 9.59 Å². The molecule has 0 aliphatic rings. The molecule has 0 bridgehead atoms. The Hall–Kier alpha value is -1.14. The van der Waals surface area contributed by atoms with Gasteiger partial charge in [-0.25, -0.2) is 0 Å². The topological polar surface area (TPSA) is 110 Å². The lowest BCUT2D eigenvalue weighted by Gasteiger charge is -2.23. The fraction of sp³-hybridized carbons (Fsp3) is 0.800. The summed E-state index contributed by atoms with van der Waals surface area (Å²) in [4.78, 5) is 20.1. The van der Waals surface area contributed by atoms with Gasteiger partial charge in [0.05, 0.1) is 6.10 Å². The highest BCUT2D eigenvalue weighted by molar-refractivity contribution is 5.76. The smallest absolute Gasteiger partial charge is 0.326 e. The largest absolute Gasteiger partial charge is 0.481 e. The van der Waals surface area contributed by atoms with Crippen LogP contribution in [0.3, 0.4) is 0 Å². The van der Waals surface area contributed by atoms with E-state index >= 15 is 0 Å². The number of aliphatic hydroxyl groups is 1. The van der Waals surface area contributed by atoms with Crippen LogP contribution in [-0.2, 0) is 14.3 Å². The zero-order valence-corrected chi connectivity index (χ0v) is 10.4. The second-order valence-electron chi connectivity index (χ2n) is 4.32. The third-order valence-corrected chi connectivity index (χ3v) is 1.20. The Kier molecular flexibility index (Phi) is 7.75. The predicted octanol–water partition coefficient (Wildman–Crippen LogP) is 0.127. The Morgan fingerprint density at radius 3 is 1.81 bits per heavy atom. The number of carboxylic acid groups (broad SMARTS) is 1. The summed E-state index contributed by atoms with van der Waals surface area (Å²) in [5.74, 6) is -1.41. The summed E-state index contributed by atoms with van der Waals surface area (Å²) in [6.45, 7) is 7.79. The highest BCUT2D eigenvalue weighted by atomic mass is 16.6. The number of rotatable bonds is 2. The normalized spacial score (nSPS) is 14.2. The maximum absolute atomic E-state index is 11.1. The third-order valence-electron chi connectivity index (χ3n) is 1.20. The number of aliphatic hydroxyl groups excluding tert-OH is 1. The molecule has 6 nitrogen and oxygen atoms in total. The molecule has 4 N–H and O–H groups in total. The Bertz CT molecular complexity index is 228. The van der Waals surface area contributed by atoms with Crippen molar-refractivity contribution in [2.24, 2.45) is 5.73 Å². The van der Waals surface area contributed by atoms with Gasteiger partial charge in [0.2, 0.25) is 0 Å². The van der Waals surface area contributed by atoms with E-state index in [4.69, 9.17) is 25.5 Å². The molecule has 0 spiro atoms. The first-order valence-corrected chi connectivity index (χ1v) is 4.83. The lowest BCUT2D eigenvalue weighted by molar-refractivity contribution is -0.158. The molecule has 0 aromatic carbocycles. The minimum Gasteiger partial charge on any atom is -0.481 e. The highest BCUT2D eigenvalue weighted by Crippen LogP contribution is 2.08. The second-order valence-corrected chi connectivity index (χ2v) is 4.32. The Morgan fingerprint density at radius 1 is 1.31 bits per heavy atom. The van der Waals surface area contributed by atoms with Crippen molar-refractivity contribution in [1.82, 2.24) is 0 Å². The van der Waals surface area contributed by atoms with E-state index in [2.05, 4.69) is 0 Å². The molecular weight excluding hydrogens is 214 g/mol. The van der Waals surface area contributed by atoms with E-state index in [1.807, 2.05) is 0 Å². The molecule has 2 atom stereocenters. The second kappa shape index (κ2) is 7.19. The van der Waals surface area contributed by atoms with E-state index in [9.17, 15) is 4.79 Å². The molecular formula is C10H21NO5. The number of ether oxygens (including phenoxy) is 1. The van der Waals surface area contributed by atoms with E-state index < -0.39 is 29.7 Å². The average Bonchev–Trinajstić information content (AvgIpc) is 1.98. The van der Waals surface area contributed by atoms with Gasteiger partial charge < -0.3 is 20.7 Å². The number of carbonyl (C=O) groups excluding carboxylic acids is 1.